The van der Waals surface area contributed by atoms with E-state index in [-0.39, 0.29) is 11.7 Å². The minimum Gasteiger partial charge on any atom is -0.375 e. The van der Waals surface area contributed by atoms with E-state index in [9.17, 15) is 8.42 Å². The van der Waals surface area contributed by atoms with Gasteiger partial charge in [-0.05, 0) is 100 Å². The maximum Gasteiger partial charge on any atom is 0.180 e. The SMILES string of the molecule is CCCN(CCC1CCC(CS(=O)(=O)c2ccc(-c3ccc(C)cc3)cc2)CC1)[C@H]1CCc2nc(N)sc2C1. The van der Waals surface area contributed by atoms with Crippen LogP contribution < -0.4 is 5.73 Å². The highest BCUT2D eigenvalue weighted by atomic mass is 32.2. The molecule has 2 N–H and O–H groups in total. The maximum absolute atomic E-state index is 13.2. The number of thiazole rings is 1. The first-order valence-corrected chi connectivity index (χ1v) is 17.2. The van der Waals surface area contributed by atoms with Crippen LogP contribution in [-0.4, -0.2) is 43.2 Å². The normalized spacial score (nSPS) is 21.7. The second kappa shape index (κ2) is 12.5. The quantitative estimate of drug-likeness (QED) is 0.288. The van der Waals surface area contributed by atoms with E-state index in [1.54, 1.807) is 23.5 Å². The van der Waals surface area contributed by atoms with Crippen molar-refractivity contribution in [3.8, 4) is 11.1 Å². The number of rotatable bonds is 10. The Hall–Kier alpha value is -2.22. The van der Waals surface area contributed by atoms with Crippen LogP contribution in [0, 0.1) is 18.8 Å². The Morgan fingerprint density at radius 1 is 0.923 bits per heavy atom. The number of fused-ring (bicyclic) bond motifs is 1. The zero-order chi connectivity index (χ0) is 27.4. The predicted molar refractivity (Wildman–Crippen MR) is 163 cm³/mol. The number of sulfone groups is 1. The lowest BCUT2D eigenvalue weighted by atomic mass is 9.81. The van der Waals surface area contributed by atoms with E-state index < -0.39 is 9.84 Å². The molecule has 2 aliphatic carbocycles. The van der Waals surface area contributed by atoms with Gasteiger partial charge in [0, 0.05) is 10.9 Å². The van der Waals surface area contributed by atoms with Crippen LogP contribution in [0.4, 0.5) is 5.13 Å². The van der Waals surface area contributed by atoms with E-state index in [0.717, 1.165) is 62.7 Å². The van der Waals surface area contributed by atoms with Gasteiger partial charge in [-0.1, -0.05) is 61.7 Å². The lowest BCUT2D eigenvalue weighted by molar-refractivity contribution is 0.156. The van der Waals surface area contributed by atoms with Crippen molar-refractivity contribution in [2.24, 2.45) is 11.8 Å². The van der Waals surface area contributed by atoms with Gasteiger partial charge in [0.1, 0.15) is 0 Å². The van der Waals surface area contributed by atoms with E-state index in [2.05, 4.69) is 48.0 Å². The lowest BCUT2D eigenvalue weighted by Gasteiger charge is -2.36. The smallest absolute Gasteiger partial charge is 0.180 e. The average Bonchev–Trinajstić information content (AvgIpc) is 3.31. The molecule has 0 saturated heterocycles. The van der Waals surface area contributed by atoms with E-state index in [0.29, 0.717) is 22.0 Å². The fourth-order valence-corrected chi connectivity index (χ4v) is 9.14. The highest BCUT2D eigenvalue weighted by Gasteiger charge is 2.29. The summed E-state index contributed by atoms with van der Waals surface area (Å²) in [5.41, 5.74) is 10.6. The molecule has 2 aromatic carbocycles. The molecule has 0 radical (unpaired) electrons. The van der Waals surface area contributed by atoms with Gasteiger partial charge in [0.15, 0.2) is 15.0 Å². The van der Waals surface area contributed by atoms with Crippen molar-refractivity contribution in [1.82, 2.24) is 9.88 Å². The van der Waals surface area contributed by atoms with Gasteiger partial charge in [-0.3, -0.25) is 0 Å². The van der Waals surface area contributed by atoms with Crippen molar-refractivity contribution in [2.45, 2.75) is 82.6 Å². The molecular weight excluding hydrogens is 523 g/mol. The molecule has 7 heteroatoms. The second-order valence-electron chi connectivity index (χ2n) is 11.7. The fourth-order valence-electron chi connectivity index (χ4n) is 6.50. The number of benzene rings is 2. The molecule has 1 atom stereocenters. The Morgan fingerprint density at radius 3 is 2.23 bits per heavy atom. The summed E-state index contributed by atoms with van der Waals surface area (Å²) >= 11 is 1.67. The van der Waals surface area contributed by atoms with Gasteiger partial charge in [0.05, 0.1) is 16.3 Å². The molecule has 5 nitrogen and oxygen atoms in total. The van der Waals surface area contributed by atoms with Crippen molar-refractivity contribution >= 4 is 26.3 Å². The topological polar surface area (TPSA) is 76.3 Å². The molecule has 0 bridgehead atoms. The third kappa shape index (κ3) is 7.11. The number of hydrogen-bond acceptors (Lipinski definition) is 6. The zero-order valence-corrected chi connectivity index (χ0v) is 25.1. The van der Waals surface area contributed by atoms with Crippen LogP contribution in [0.15, 0.2) is 53.4 Å². The van der Waals surface area contributed by atoms with Gasteiger partial charge in [-0.15, -0.1) is 11.3 Å². The molecule has 0 amide bonds. The standard InChI is InChI=1S/C32H43N3O2S2/c1-3-19-35(28-14-17-30-31(21-28)38-32(33)34-30)20-18-24-6-8-25(9-7-24)22-39(36,37)29-15-12-27(13-16-29)26-10-4-23(2)5-11-26/h4-5,10-13,15-16,24-25,28H,3,6-9,14,17-22H2,1-2H3,(H2,33,34)/t24?,25?,28-/m0/s1. The van der Waals surface area contributed by atoms with Gasteiger partial charge in [-0.25, -0.2) is 13.4 Å². The van der Waals surface area contributed by atoms with Crippen LogP contribution >= 0.6 is 11.3 Å². The summed E-state index contributed by atoms with van der Waals surface area (Å²) in [6.45, 7) is 6.63. The van der Waals surface area contributed by atoms with E-state index >= 15 is 0 Å². The molecule has 210 valence electrons. The van der Waals surface area contributed by atoms with Crippen molar-refractivity contribution in [2.75, 3.05) is 24.6 Å². The molecule has 1 heterocycles. The van der Waals surface area contributed by atoms with Gasteiger partial charge in [0.2, 0.25) is 0 Å². The van der Waals surface area contributed by atoms with Crippen LogP contribution in [0.5, 0.6) is 0 Å². The first kappa shape index (κ1) is 28.3. The van der Waals surface area contributed by atoms with Crippen LogP contribution in [0.25, 0.3) is 11.1 Å². The Kier molecular flexibility index (Phi) is 9.09. The Labute approximate surface area is 238 Å². The number of nitrogen functional groups attached to an aromatic ring is 1. The van der Waals surface area contributed by atoms with Crippen molar-refractivity contribution in [3.05, 3.63) is 64.7 Å². The largest absolute Gasteiger partial charge is 0.375 e. The summed E-state index contributed by atoms with van der Waals surface area (Å²) in [5, 5.41) is 0.709. The van der Waals surface area contributed by atoms with E-state index in [1.165, 1.54) is 35.4 Å². The minimum atomic E-state index is -3.27. The zero-order valence-electron chi connectivity index (χ0n) is 23.4. The van der Waals surface area contributed by atoms with Gasteiger partial charge >= 0.3 is 0 Å². The third-order valence-corrected chi connectivity index (χ3v) is 11.7. The van der Waals surface area contributed by atoms with Crippen LogP contribution in [0.1, 0.15) is 68.0 Å². The maximum atomic E-state index is 13.2. The predicted octanol–water partition coefficient (Wildman–Crippen LogP) is 6.94. The Morgan fingerprint density at radius 2 is 1.56 bits per heavy atom. The molecule has 1 aromatic heterocycles. The summed E-state index contributed by atoms with van der Waals surface area (Å²) in [7, 11) is -3.27. The molecule has 1 saturated carbocycles. The number of anilines is 1. The van der Waals surface area contributed by atoms with Gasteiger partial charge in [0.25, 0.3) is 0 Å². The summed E-state index contributed by atoms with van der Waals surface area (Å²) in [6.07, 6.45) is 10.0. The molecular formula is C32H43N3O2S2. The van der Waals surface area contributed by atoms with E-state index in [4.69, 9.17) is 5.73 Å². The van der Waals surface area contributed by atoms with Crippen molar-refractivity contribution in [1.29, 1.82) is 0 Å². The van der Waals surface area contributed by atoms with Crippen LogP contribution in [-0.2, 0) is 22.7 Å². The average molecular weight is 566 g/mol. The molecule has 0 unspecified atom stereocenters. The molecule has 3 aromatic rings. The Balaban J connectivity index is 1.10. The number of aromatic nitrogens is 1. The summed E-state index contributed by atoms with van der Waals surface area (Å²) in [4.78, 5) is 9.06. The minimum absolute atomic E-state index is 0.267. The van der Waals surface area contributed by atoms with Crippen molar-refractivity contribution < 1.29 is 8.42 Å². The van der Waals surface area contributed by atoms with Gasteiger partial charge in [-0.2, -0.15) is 0 Å². The molecule has 0 aliphatic heterocycles. The van der Waals surface area contributed by atoms with Crippen LogP contribution in [0.2, 0.25) is 0 Å². The number of hydrogen-bond donors (Lipinski definition) is 1. The lowest BCUT2D eigenvalue weighted by Crippen LogP contribution is -2.41. The molecule has 0 spiro atoms. The number of nitrogens with two attached hydrogens (primary N) is 1. The Bertz CT molecular complexity index is 1320. The summed E-state index contributed by atoms with van der Waals surface area (Å²) in [5.74, 6) is 1.24. The first-order chi connectivity index (χ1) is 18.8. The molecule has 2 aliphatic rings. The fraction of sp³-hybridized carbons (Fsp3) is 0.531. The summed E-state index contributed by atoms with van der Waals surface area (Å²) in [6, 6.07) is 16.4. The molecule has 1 fully saturated rings. The molecule has 39 heavy (non-hydrogen) atoms. The number of nitrogens with zero attached hydrogens (tertiary/aromatic N) is 2. The van der Waals surface area contributed by atoms with Gasteiger partial charge < -0.3 is 10.6 Å². The van der Waals surface area contributed by atoms with Crippen LogP contribution in [0.3, 0.4) is 0 Å². The summed E-state index contributed by atoms with van der Waals surface area (Å²) < 4.78 is 26.4. The first-order valence-electron chi connectivity index (χ1n) is 14.7. The van der Waals surface area contributed by atoms with E-state index in [1.807, 2.05) is 12.1 Å². The number of aryl methyl sites for hydroxylation is 2. The van der Waals surface area contributed by atoms with Crippen molar-refractivity contribution in [3.63, 3.8) is 0 Å². The second-order valence-corrected chi connectivity index (χ2v) is 14.9. The highest BCUT2D eigenvalue weighted by Crippen LogP contribution is 2.35. The highest BCUT2D eigenvalue weighted by molar-refractivity contribution is 7.91. The third-order valence-electron chi connectivity index (χ3n) is 8.80. The molecule has 5 rings (SSSR count). The monoisotopic (exact) mass is 565 g/mol.